The van der Waals surface area contributed by atoms with E-state index in [0.717, 1.165) is 95.8 Å². The van der Waals surface area contributed by atoms with E-state index in [1.807, 2.05) is 0 Å². The molecular formula is C89H174O17P2. The van der Waals surface area contributed by atoms with Gasteiger partial charge in [-0.2, -0.15) is 0 Å². The zero-order chi connectivity index (χ0) is 79.0. The molecule has 642 valence electrons. The van der Waals surface area contributed by atoms with Crippen LogP contribution in [0.2, 0.25) is 0 Å². The van der Waals surface area contributed by atoms with E-state index in [1.165, 1.54) is 308 Å². The Balaban J connectivity index is 5.26. The minimum Gasteiger partial charge on any atom is -0.462 e. The van der Waals surface area contributed by atoms with Crippen LogP contribution in [0.1, 0.15) is 484 Å². The van der Waals surface area contributed by atoms with E-state index in [1.54, 1.807) is 0 Å². The number of carbonyl (C=O) groups excluding carboxylic acids is 4. The third-order valence-corrected chi connectivity index (χ3v) is 22.9. The van der Waals surface area contributed by atoms with E-state index in [2.05, 4.69) is 34.6 Å². The largest absolute Gasteiger partial charge is 0.472 e. The number of rotatable bonds is 89. The number of aliphatic hydroxyl groups excluding tert-OH is 1. The van der Waals surface area contributed by atoms with Crippen LogP contribution in [0.25, 0.3) is 0 Å². The van der Waals surface area contributed by atoms with Crippen LogP contribution < -0.4 is 0 Å². The molecule has 0 bridgehead atoms. The maximum Gasteiger partial charge on any atom is 0.472 e. The Morgan fingerprint density at radius 3 is 0.630 bits per heavy atom. The van der Waals surface area contributed by atoms with E-state index in [0.29, 0.717) is 25.7 Å². The SMILES string of the molecule is CCCCCCCCCCCCCCCCCCCCC(=O)OC[C@H](COP(=O)(O)OC[C@@H](O)COP(=O)(O)OC[C@@H](COC(=O)CCCCCCCCCCCCCCC)OC(=O)CCCCCCCCCCCCCCCCCCCC)OC(=O)CCCCCCCCCCCCCCCCCCC(C)C. The average molecular weight is 1580 g/mol. The van der Waals surface area contributed by atoms with Gasteiger partial charge in [-0.25, -0.2) is 9.13 Å². The molecule has 0 heterocycles. The summed E-state index contributed by atoms with van der Waals surface area (Å²) < 4.78 is 69.1. The van der Waals surface area contributed by atoms with Crippen LogP contribution in [0.3, 0.4) is 0 Å². The molecule has 0 aromatic rings. The van der Waals surface area contributed by atoms with Crippen molar-refractivity contribution in [2.24, 2.45) is 5.92 Å². The second-order valence-corrected chi connectivity index (χ2v) is 35.4. The van der Waals surface area contributed by atoms with Crippen LogP contribution in [-0.2, 0) is 65.4 Å². The third kappa shape index (κ3) is 82.1. The maximum atomic E-state index is 13.2. The van der Waals surface area contributed by atoms with Gasteiger partial charge in [0.15, 0.2) is 12.2 Å². The fourth-order valence-electron chi connectivity index (χ4n) is 14.0. The molecule has 0 saturated carbocycles. The highest BCUT2D eigenvalue weighted by Gasteiger charge is 2.30. The zero-order valence-electron chi connectivity index (χ0n) is 71.0. The van der Waals surface area contributed by atoms with Gasteiger partial charge in [-0.1, -0.05) is 433 Å². The first-order valence-corrected chi connectivity index (χ1v) is 49.1. The second kappa shape index (κ2) is 81.6. The van der Waals surface area contributed by atoms with Gasteiger partial charge in [-0.3, -0.25) is 37.3 Å². The molecule has 0 aliphatic rings. The summed E-state index contributed by atoms with van der Waals surface area (Å²) in [5.41, 5.74) is 0. The summed E-state index contributed by atoms with van der Waals surface area (Å²) in [6.45, 7) is 7.43. The molecule has 3 N–H and O–H groups in total. The van der Waals surface area contributed by atoms with E-state index < -0.39 is 97.5 Å². The van der Waals surface area contributed by atoms with E-state index >= 15 is 0 Å². The lowest BCUT2D eigenvalue weighted by Crippen LogP contribution is -2.30. The Morgan fingerprint density at radius 1 is 0.250 bits per heavy atom. The molecule has 108 heavy (non-hydrogen) atoms. The quantitative estimate of drug-likeness (QED) is 0.0222. The molecule has 0 aromatic heterocycles. The van der Waals surface area contributed by atoms with Gasteiger partial charge in [-0.15, -0.1) is 0 Å². The normalized spacial score (nSPS) is 13.7. The van der Waals surface area contributed by atoms with Gasteiger partial charge in [0, 0.05) is 25.7 Å². The molecule has 0 fully saturated rings. The standard InChI is InChI=1S/C89H174O17P2/c1-6-9-12-15-18-21-24-27-29-31-33-38-43-48-53-58-63-68-73-87(92)100-79-85(106-89(94)75-70-65-60-55-50-45-40-36-35-37-42-46-51-56-61-66-71-82(4)5)81-104-108(97,98)102-77-83(90)76-101-107(95,96)103-80-84(78-99-86(91)72-67-62-57-52-47-41-26-23-20-17-14-11-8-3)105-88(93)74-69-64-59-54-49-44-39-34-32-30-28-25-22-19-16-13-10-7-2/h82-85,90H,6-81H2,1-5H3,(H,95,96)(H,97,98)/t83-,84+,85+/m0/s1. The molecule has 0 aliphatic heterocycles. The van der Waals surface area contributed by atoms with Crippen LogP contribution in [0.15, 0.2) is 0 Å². The summed E-state index contributed by atoms with van der Waals surface area (Å²) in [5.74, 6) is -1.28. The summed E-state index contributed by atoms with van der Waals surface area (Å²) in [7, 11) is -9.93. The summed E-state index contributed by atoms with van der Waals surface area (Å²) in [5, 5.41) is 10.7. The molecule has 0 spiro atoms. The molecule has 0 rings (SSSR count). The van der Waals surface area contributed by atoms with Crippen molar-refractivity contribution < 1.29 is 80.2 Å². The van der Waals surface area contributed by atoms with Gasteiger partial charge in [0.1, 0.15) is 19.3 Å². The first kappa shape index (κ1) is 106. The number of aliphatic hydroxyl groups is 1. The number of hydrogen-bond acceptors (Lipinski definition) is 15. The number of phosphoric acid groups is 2. The Labute approximate surface area is 664 Å². The van der Waals surface area contributed by atoms with Crippen LogP contribution >= 0.6 is 15.6 Å². The summed E-state index contributed by atoms with van der Waals surface area (Å²) in [4.78, 5) is 73.4. The fourth-order valence-corrected chi connectivity index (χ4v) is 15.6. The van der Waals surface area contributed by atoms with Crippen molar-refractivity contribution in [3.05, 3.63) is 0 Å². The zero-order valence-corrected chi connectivity index (χ0v) is 72.8. The molecule has 0 radical (unpaired) electrons. The molecule has 17 nitrogen and oxygen atoms in total. The number of ether oxygens (including phenoxy) is 4. The lowest BCUT2D eigenvalue weighted by atomic mass is 10.0. The van der Waals surface area contributed by atoms with E-state index in [-0.39, 0.29) is 25.7 Å². The highest BCUT2D eigenvalue weighted by atomic mass is 31.2. The molecule has 19 heteroatoms. The fraction of sp³-hybridized carbons (Fsp3) is 0.955. The lowest BCUT2D eigenvalue weighted by Gasteiger charge is -2.21. The van der Waals surface area contributed by atoms with Crippen LogP contribution in [-0.4, -0.2) is 96.7 Å². The Morgan fingerprint density at radius 2 is 0.426 bits per heavy atom. The van der Waals surface area contributed by atoms with E-state index in [9.17, 15) is 43.2 Å². The highest BCUT2D eigenvalue weighted by Crippen LogP contribution is 2.45. The molecule has 0 aromatic carbocycles. The summed E-state index contributed by atoms with van der Waals surface area (Å²) in [6.07, 6.45) is 76.3. The van der Waals surface area contributed by atoms with Crippen molar-refractivity contribution in [3.8, 4) is 0 Å². The van der Waals surface area contributed by atoms with Crippen LogP contribution in [0, 0.1) is 5.92 Å². The molecule has 5 atom stereocenters. The van der Waals surface area contributed by atoms with Crippen molar-refractivity contribution in [3.63, 3.8) is 0 Å². The Bertz CT molecular complexity index is 2050. The smallest absolute Gasteiger partial charge is 0.462 e. The Kier molecular flexibility index (Phi) is 80.2. The van der Waals surface area contributed by atoms with Gasteiger partial charge in [0.05, 0.1) is 26.4 Å². The van der Waals surface area contributed by atoms with Crippen molar-refractivity contribution in [2.75, 3.05) is 39.6 Å². The molecule has 0 aliphatic carbocycles. The monoisotopic (exact) mass is 1580 g/mol. The summed E-state index contributed by atoms with van der Waals surface area (Å²) >= 11 is 0. The van der Waals surface area contributed by atoms with Crippen LogP contribution in [0.4, 0.5) is 0 Å². The van der Waals surface area contributed by atoms with Crippen molar-refractivity contribution >= 4 is 39.5 Å². The van der Waals surface area contributed by atoms with Gasteiger partial charge in [0.2, 0.25) is 0 Å². The topological polar surface area (TPSA) is 237 Å². The molecule has 0 saturated heterocycles. The van der Waals surface area contributed by atoms with Gasteiger partial charge in [0.25, 0.3) is 0 Å². The number of phosphoric ester groups is 2. The number of hydrogen-bond donors (Lipinski definition) is 3. The lowest BCUT2D eigenvalue weighted by molar-refractivity contribution is -0.161. The van der Waals surface area contributed by atoms with E-state index in [4.69, 9.17) is 37.0 Å². The molecule has 0 amide bonds. The maximum absolute atomic E-state index is 13.2. The third-order valence-electron chi connectivity index (χ3n) is 21.0. The average Bonchev–Trinajstić information content (AvgIpc) is 0.899. The predicted octanol–water partition coefficient (Wildman–Crippen LogP) is 27.5. The van der Waals surface area contributed by atoms with Gasteiger partial charge in [-0.05, 0) is 31.6 Å². The second-order valence-electron chi connectivity index (χ2n) is 32.5. The minimum atomic E-state index is -4.97. The number of unbranched alkanes of at least 4 members (excludes halogenated alkanes) is 61. The first-order valence-electron chi connectivity index (χ1n) is 46.1. The minimum absolute atomic E-state index is 0.109. The van der Waals surface area contributed by atoms with Gasteiger partial charge < -0.3 is 33.8 Å². The van der Waals surface area contributed by atoms with Gasteiger partial charge >= 0.3 is 39.5 Å². The first-order chi connectivity index (χ1) is 52.5. The van der Waals surface area contributed by atoms with Crippen molar-refractivity contribution in [2.45, 2.75) is 502 Å². The molecular weight excluding hydrogens is 1400 g/mol. The predicted molar refractivity (Wildman–Crippen MR) is 446 cm³/mol. The van der Waals surface area contributed by atoms with Crippen molar-refractivity contribution in [1.29, 1.82) is 0 Å². The number of esters is 4. The van der Waals surface area contributed by atoms with Crippen molar-refractivity contribution in [1.82, 2.24) is 0 Å². The molecule has 2 unspecified atom stereocenters. The summed E-state index contributed by atoms with van der Waals surface area (Å²) in [6, 6.07) is 0. The highest BCUT2D eigenvalue weighted by molar-refractivity contribution is 7.47. The Hall–Kier alpha value is -1.94. The number of carbonyl (C=O) groups is 4. The van der Waals surface area contributed by atoms with Crippen LogP contribution in [0.5, 0.6) is 0 Å².